The van der Waals surface area contributed by atoms with Crippen molar-refractivity contribution in [3.8, 4) is 0 Å². The average Bonchev–Trinajstić information content (AvgIpc) is 2.53. The Balaban J connectivity index is 1.82. The van der Waals surface area contributed by atoms with Crippen LogP contribution in [0.2, 0.25) is 0 Å². The number of rotatable bonds is 3. The molecule has 0 saturated heterocycles. The smallest absolute Gasteiger partial charge is 0.0202 e. The molecule has 3 fully saturated rings. The maximum Gasteiger partial charge on any atom is -0.0202 e. The van der Waals surface area contributed by atoms with Gasteiger partial charge in [-0.3, -0.25) is 0 Å². The van der Waals surface area contributed by atoms with Gasteiger partial charge in [-0.25, -0.2) is 0 Å². The summed E-state index contributed by atoms with van der Waals surface area (Å²) in [6, 6.07) is 0. The van der Waals surface area contributed by atoms with Crippen LogP contribution in [-0.4, -0.2) is 0 Å². The first-order valence-corrected chi connectivity index (χ1v) is 7.65. The molecule has 0 aromatic heterocycles. The summed E-state index contributed by atoms with van der Waals surface area (Å²) in [6.45, 7) is 9.82. The second-order valence-electron chi connectivity index (χ2n) is 7.17. The van der Waals surface area contributed by atoms with E-state index >= 15 is 0 Å². The molecule has 7 unspecified atom stereocenters. The van der Waals surface area contributed by atoms with Crippen LogP contribution in [0.15, 0.2) is 0 Å². The van der Waals surface area contributed by atoms with E-state index in [4.69, 9.17) is 0 Å². The zero-order valence-electron chi connectivity index (χ0n) is 11.5. The molecule has 16 heavy (non-hydrogen) atoms. The van der Waals surface area contributed by atoms with Gasteiger partial charge < -0.3 is 0 Å². The molecule has 0 aromatic carbocycles. The Hall–Kier alpha value is 0. The molecule has 3 aliphatic rings. The molecule has 0 bridgehead atoms. The average molecular weight is 220 g/mol. The summed E-state index contributed by atoms with van der Waals surface area (Å²) in [4.78, 5) is 0. The highest BCUT2D eigenvalue weighted by Gasteiger charge is 2.74. The lowest BCUT2D eigenvalue weighted by molar-refractivity contribution is 0.192. The van der Waals surface area contributed by atoms with E-state index in [-0.39, 0.29) is 0 Å². The molecule has 0 radical (unpaired) electrons. The fraction of sp³-hybridized carbons (Fsp3) is 1.00. The van der Waals surface area contributed by atoms with E-state index in [1.54, 1.807) is 19.3 Å². The molecule has 0 heterocycles. The lowest BCUT2D eigenvalue weighted by Gasteiger charge is -2.29. The summed E-state index contributed by atoms with van der Waals surface area (Å²) in [5, 5.41) is 0. The summed E-state index contributed by atoms with van der Waals surface area (Å²) in [5.74, 6) is 6.48. The van der Waals surface area contributed by atoms with Gasteiger partial charge in [-0.2, -0.15) is 0 Å². The van der Waals surface area contributed by atoms with Crippen molar-refractivity contribution in [2.75, 3.05) is 0 Å². The molecule has 0 aromatic rings. The number of hydrogen-bond acceptors (Lipinski definition) is 0. The highest BCUT2D eigenvalue weighted by Crippen LogP contribution is 2.80. The van der Waals surface area contributed by atoms with E-state index < -0.39 is 0 Å². The molecule has 0 amide bonds. The predicted molar refractivity (Wildman–Crippen MR) is 69.2 cm³/mol. The van der Waals surface area contributed by atoms with Crippen LogP contribution >= 0.6 is 0 Å². The van der Waals surface area contributed by atoms with Crippen LogP contribution in [-0.2, 0) is 0 Å². The maximum absolute atomic E-state index is 2.51. The lowest BCUT2D eigenvalue weighted by atomic mass is 9.75. The third kappa shape index (κ3) is 1.17. The summed E-state index contributed by atoms with van der Waals surface area (Å²) in [7, 11) is 0. The molecule has 7 atom stereocenters. The van der Waals surface area contributed by atoms with Crippen molar-refractivity contribution in [3.05, 3.63) is 0 Å². The van der Waals surface area contributed by atoms with Gasteiger partial charge in [0.1, 0.15) is 0 Å². The van der Waals surface area contributed by atoms with Gasteiger partial charge in [0.05, 0.1) is 0 Å². The molecule has 0 N–H and O–H groups in total. The molecule has 1 spiro atoms. The van der Waals surface area contributed by atoms with E-state index in [2.05, 4.69) is 27.7 Å². The van der Waals surface area contributed by atoms with Crippen molar-refractivity contribution in [2.45, 2.75) is 59.8 Å². The predicted octanol–water partition coefficient (Wildman–Crippen LogP) is 4.74. The molecule has 0 heteroatoms. The van der Waals surface area contributed by atoms with E-state index in [9.17, 15) is 0 Å². The molecule has 0 nitrogen and oxygen atoms in total. The van der Waals surface area contributed by atoms with Crippen LogP contribution in [0.3, 0.4) is 0 Å². The minimum Gasteiger partial charge on any atom is -0.0651 e. The molecule has 92 valence electrons. The SMILES string of the molecule is CCC(C)C1CC2C(CC)C23CC(C)CC13. The van der Waals surface area contributed by atoms with Gasteiger partial charge >= 0.3 is 0 Å². The molecule has 0 aliphatic heterocycles. The van der Waals surface area contributed by atoms with Crippen molar-refractivity contribution >= 4 is 0 Å². The normalized spacial score (nSPS) is 55.9. The summed E-state index contributed by atoms with van der Waals surface area (Å²) in [5.41, 5.74) is 0.863. The fourth-order valence-electron chi connectivity index (χ4n) is 5.98. The Labute approximate surface area is 101 Å². The van der Waals surface area contributed by atoms with Crippen molar-refractivity contribution in [3.63, 3.8) is 0 Å². The highest BCUT2D eigenvalue weighted by atomic mass is 14.8. The Bertz CT molecular complexity index is 282. The van der Waals surface area contributed by atoms with Gasteiger partial charge in [0.2, 0.25) is 0 Å². The van der Waals surface area contributed by atoms with Crippen LogP contribution in [0.25, 0.3) is 0 Å². The van der Waals surface area contributed by atoms with Crippen molar-refractivity contribution < 1.29 is 0 Å². The van der Waals surface area contributed by atoms with Gasteiger partial charge in [-0.05, 0) is 60.2 Å². The largest absolute Gasteiger partial charge is 0.0651 e. The molecular formula is C16H28. The van der Waals surface area contributed by atoms with Gasteiger partial charge in [-0.15, -0.1) is 0 Å². The maximum atomic E-state index is 2.51. The van der Waals surface area contributed by atoms with Crippen LogP contribution < -0.4 is 0 Å². The minimum atomic E-state index is 0.863. The molecule has 3 aliphatic carbocycles. The van der Waals surface area contributed by atoms with Gasteiger partial charge in [0, 0.05) is 0 Å². The van der Waals surface area contributed by atoms with Crippen molar-refractivity contribution in [2.24, 2.45) is 40.9 Å². The number of hydrogen-bond donors (Lipinski definition) is 0. The van der Waals surface area contributed by atoms with Crippen molar-refractivity contribution in [1.82, 2.24) is 0 Å². The highest BCUT2D eigenvalue weighted by molar-refractivity contribution is 5.22. The topological polar surface area (TPSA) is 0 Å². The Kier molecular flexibility index (Phi) is 2.43. The Morgan fingerprint density at radius 2 is 1.94 bits per heavy atom. The zero-order chi connectivity index (χ0) is 11.5. The van der Waals surface area contributed by atoms with E-state index in [1.807, 2.05) is 0 Å². The van der Waals surface area contributed by atoms with Gasteiger partial charge in [-0.1, -0.05) is 40.5 Å². The van der Waals surface area contributed by atoms with E-state index in [0.29, 0.717) is 0 Å². The fourth-order valence-corrected chi connectivity index (χ4v) is 5.98. The molecule has 3 rings (SSSR count). The summed E-state index contributed by atoms with van der Waals surface area (Å²) < 4.78 is 0. The Morgan fingerprint density at radius 1 is 1.19 bits per heavy atom. The van der Waals surface area contributed by atoms with Crippen LogP contribution in [0.5, 0.6) is 0 Å². The quantitative estimate of drug-likeness (QED) is 0.644. The first kappa shape index (κ1) is 11.1. The summed E-state index contributed by atoms with van der Waals surface area (Å²) >= 11 is 0. The van der Waals surface area contributed by atoms with E-state index in [0.717, 1.165) is 40.9 Å². The minimum absolute atomic E-state index is 0.863. The third-order valence-electron chi connectivity index (χ3n) is 6.66. The second kappa shape index (κ2) is 3.50. The van der Waals surface area contributed by atoms with Gasteiger partial charge in [0.25, 0.3) is 0 Å². The zero-order valence-corrected chi connectivity index (χ0v) is 11.5. The monoisotopic (exact) mass is 220 g/mol. The van der Waals surface area contributed by atoms with Crippen LogP contribution in [0.4, 0.5) is 0 Å². The van der Waals surface area contributed by atoms with Crippen molar-refractivity contribution in [1.29, 1.82) is 0 Å². The standard InChI is InChI=1S/C16H28/c1-5-11(4)12-8-15-13(6-2)16(15)9-10(3)7-14(12)16/h10-15H,5-9H2,1-4H3. The van der Waals surface area contributed by atoms with E-state index in [1.165, 1.54) is 12.8 Å². The second-order valence-corrected chi connectivity index (χ2v) is 7.17. The van der Waals surface area contributed by atoms with Crippen LogP contribution in [0.1, 0.15) is 59.8 Å². The Morgan fingerprint density at radius 3 is 2.56 bits per heavy atom. The first-order valence-electron chi connectivity index (χ1n) is 7.65. The lowest BCUT2D eigenvalue weighted by Crippen LogP contribution is -2.23. The van der Waals surface area contributed by atoms with Crippen LogP contribution in [0, 0.1) is 40.9 Å². The van der Waals surface area contributed by atoms with Gasteiger partial charge in [0.15, 0.2) is 0 Å². The third-order valence-corrected chi connectivity index (χ3v) is 6.66. The summed E-state index contributed by atoms with van der Waals surface area (Å²) in [6.07, 6.45) is 7.58. The molecule has 3 saturated carbocycles. The first-order chi connectivity index (χ1) is 7.65. The molecular weight excluding hydrogens is 192 g/mol.